The summed E-state index contributed by atoms with van der Waals surface area (Å²) in [6.07, 6.45) is 0.686. The largest absolute Gasteiger partial charge is 0.322 e. The van der Waals surface area contributed by atoms with Gasteiger partial charge in [-0.1, -0.05) is 36.4 Å². The minimum Gasteiger partial charge on any atom is -0.322 e. The maximum absolute atomic E-state index is 13.2. The summed E-state index contributed by atoms with van der Waals surface area (Å²) in [5, 5.41) is 1.44. The van der Waals surface area contributed by atoms with Crippen LogP contribution in [0, 0.1) is 0 Å². The van der Waals surface area contributed by atoms with Crippen LogP contribution < -0.4 is 10.6 Å². The van der Waals surface area contributed by atoms with Gasteiger partial charge in [0, 0.05) is 16.5 Å². The molecule has 2 nitrogen and oxygen atoms in total. The molecule has 0 heterocycles. The third-order valence-corrected chi connectivity index (χ3v) is 5.51. The van der Waals surface area contributed by atoms with Crippen molar-refractivity contribution in [2.75, 3.05) is 12.5 Å². The zero-order valence-electron chi connectivity index (χ0n) is 10.5. The van der Waals surface area contributed by atoms with Crippen molar-refractivity contribution in [3.05, 3.63) is 60.7 Å². The lowest BCUT2D eigenvalue weighted by Gasteiger charge is -2.19. The fraction of sp³-hybridized carbons (Fsp3) is 0.200. The number of hydrogen-bond acceptors (Lipinski definition) is 2. The average molecular weight is 295 g/mol. The van der Waals surface area contributed by atoms with Gasteiger partial charge in [-0.3, -0.25) is 4.57 Å². The fourth-order valence-corrected chi connectivity index (χ4v) is 4.02. The zero-order valence-corrected chi connectivity index (χ0v) is 12.2. The Kier molecular flexibility index (Phi) is 5.21. The first-order valence-electron chi connectivity index (χ1n) is 6.19. The van der Waals surface area contributed by atoms with Crippen molar-refractivity contribution in [3.8, 4) is 0 Å². The highest BCUT2D eigenvalue weighted by atomic mass is 35.5. The van der Waals surface area contributed by atoms with E-state index in [9.17, 15) is 4.57 Å². The van der Waals surface area contributed by atoms with Crippen molar-refractivity contribution >= 4 is 29.6 Å². The van der Waals surface area contributed by atoms with E-state index in [4.69, 9.17) is 16.1 Å². The summed E-state index contributed by atoms with van der Waals surface area (Å²) in [7, 11) is -3.01. The average Bonchev–Trinajstić information content (AvgIpc) is 2.49. The van der Waals surface area contributed by atoms with Crippen molar-refractivity contribution in [1.29, 1.82) is 0 Å². The van der Waals surface area contributed by atoms with Crippen LogP contribution in [-0.2, 0) is 9.09 Å². The summed E-state index contributed by atoms with van der Waals surface area (Å²) >= 11 is 5.65. The molecule has 0 bridgehead atoms. The van der Waals surface area contributed by atoms with Gasteiger partial charge in [0.25, 0.3) is 7.37 Å². The third kappa shape index (κ3) is 3.48. The molecule has 0 aliphatic rings. The number of hydrogen-bond donors (Lipinski definition) is 0. The molecule has 2 aromatic carbocycles. The molecule has 0 saturated carbocycles. The molecular weight excluding hydrogens is 279 g/mol. The second-order valence-corrected chi connectivity index (χ2v) is 6.87. The molecule has 2 aromatic rings. The van der Waals surface area contributed by atoms with Gasteiger partial charge < -0.3 is 4.52 Å². The highest BCUT2D eigenvalue weighted by Gasteiger charge is 2.27. The predicted octanol–water partition coefficient (Wildman–Crippen LogP) is 3.56. The van der Waals surface area contributed by atoms with E-state index in [2.05, 4.69) is 0 Å². The van der Waals surface area contributed by atoms with E-state index in [0.717, 1.165) is 10.6 Å². The normalized spacial score (nSPS) is 11.4. The van der Waals surface area contributed by atoms with Crippen LogP contribution in [0.3, 0.4) is 0 Å². The number of rotatable bonds is 6. The van der Waals surface area contributed by atoms with Crippen molar-refractivity contribution in [2.45, 2.75) is 6.42 Å². The summed E-state index contributed by atoms with van der Waals surface area (Å²) in [5.74, 6) is 0.504. The molecule has 4 heteroatoms. The van der Waals surface area contributed by atoms with Crippen LogP contribution in [0.1, 0.15) is 6.42 Å². The van der Waals surface area contributed by atoms with Crippen molar-refractivity contribution in [2.24, 2.45) is 0 Å². The minimum absolute atomic E-state index is 0.393. The number of benzene rings is 2. The zero-order chi connectivity index (χ0) is 13.6. The van der Waals surface area contributed by atoms with E-state index in [1.165, 1.54) is 0 Å². The highest BCUT2D eigenvalue weighted by Crippen LogP contribution is 2.44. The highest BCUT2D eigenvalue weighted by molar-refractivity contribution is 7.74. The van der Waals surface area contributed by atoms with Crippen LogP contribution in [0.5, 0.6) is 0 Å². The molecule has 100 valence electrons. The lowest BCUT2D eigenvalue weighted by atomic mass is 10.4. The van der Waals surface area contributed by atoms with Gasteiger partial charge in [-0.05, 0) is 30.7 Å². The monoisotopic (exact) mass is 294 g/mol. The lowest BCUT2D eigenvalue weighted by molar-refractivity contribution is 0.327. The van der Waals surface area contributed by atoms with E-state index < -0.39 is 7.37 Å². The summed E-state index contributed by atoms with van der Waals surface area (Å²) < 4.78 is 18.9. The molecule has 19 heavy (non-hydrogen) atoms. The Labute approximate surface area is 118 Å². The molecule has 0 saturated heterocycles. The molecule has 0 aromatic heterocycles. The molecule has 0 aliphatic carbocycles. The van der Waals surface area contributed by atoms with Crippen LogP contribution >= 0.6 is 19.0 Å². The van der Waals surface area contributed by atoms with E-state index in [0.29, 0.717) is 18.9 Å². The predicted molar refractivity (Wildman–Crippen MR) is 81.0 cm³/mol. The minimum atomic E-state index is -3.01. The SMILES string of the molecule is O=P(OCCCCl)(c1ccccc1)c1ccccc1. The first-order chi connectivity index (χ1) is 9.27. The number of halogens is 1. The molecule has 0 aliphatic heterocycles. The topological polar surface area (TPSA) is 26.3 Å². The van der Waals surface area contributed by atoms with Crippen LogP contribution in [0.4, 0.5) is 0 Å². The molecule has 2 rings (SSSR count). The molecule has 0 radical (unpaired) electrons. The summed E-state index contributed by atoms with van der Waals surface area (Å²) in [5.41, 5.74) is 0. The lowest BCUT2D eigenvalue weighted by Crippen LogP contribution is -2.18. The van der Waals surface area contributed by atoms with E-state index >= 15 is 0 Å². The molecule has 0 unspecified atom stereocenters. The Bertz CT molecular complexity index is 499. The second kappa shape index (κ2) is 6.91. The van der Waals surface area contributed by atoms with Crippen LogP contribution in [0.15, 0.2) is 60.7 Å². The molecule has 0 spiro atoms. The van der Waals surface area contributed by atoms with Gasteiger partial charge in [0.1, 0.15) is 0 Å². The van der Waals surface area contributed by atoms with Gasteiger partial charge in [0.05, 0.1) is 6.61 Å². The Balaban J connectivity index is 2.36. The third-order valence-electron chi connectivity index (χ3n) is 2.74. The van der Waals surface area contributed by atoms with Gasteiger partial charge in [-0.2, -0.15) is 0 Å². The van der Waals surface area contributed by atoms with Gasteiger partial charge in [0.2, 0.25) is 0 Å². The van der Waals surface area contributed by atoms with Crippen molar-refractivity contribution < 1.29 is 9.09 Å². The quantitative estimate of drug-likeness (QED) is 0.462. The van der Waals surface area contributed by atoms with Gasteiger partial charge in [0.15, 0.2) is 0 Å². The molecule has 0 amide bonds. The summed E-state index contributed by atoms with van der Waals surface area (Å²) in [6.45, 7) is 0.393. The number of alkyl halides is 1. The van der Waals surface area contributed by atoms with Gasteiger partial charge in [-0.25, -0.2) is 0 Å². The molecule has 0 atom stereocenters. The molecule has 0 N–H and O–H groups in total. The van der Waals surface area contributed by atoms with E-state index in [1.54, 1.807) is 0 Å². The standard InChI is InChI=1S/C15H16ClO2P/c16-12-7-13-18-19(17,14-8-3-1-4-9-14)15-10-5-2-6-11-15/h1-6,8-11H,7,12-13H2. The first kappa shape index (κ1) is 14.3. The van der Waals surface area contributed by atoms with Crippen LogP contribution in [-0.4, -0.2) is 12.5 Å². The van der Waals surface area contributed by atoms with Gasteiger partial charge >= 0.3 is 0 Å². The smallest absolute Gasteiger partial charge is 0.261 e. The Morgan fingerprint density at radius 1 is 0.895 bits per heavy atom. The maximum Gasteiger partial charge on any atom is 0.261 e. The van der Waals surface area contributed by atoms with Crippen LogP contribution in [0.2, 0.25) is 0 Å². The molecular formula is C15H16ClO2P. The maximum atomic E-state index is 13.2. The Morgan fingerprint density at radius 2 is 1.37 bits per heavy atom. The summed E-state index contributed by atoms with van der Waals surface area (Å²) in [6, 6.07) is 18.7. The Morgan fingerprint density at radius 3 is 1.79 bits per heavy atom. The van der Waals surface area contributed by atoms with E-state index in [-0.39, 0.29) is 0 Å². The van der Waals surface area contributed by atoms with Crippen molar-refractivity contribution in [1.82, 2.24) is 0 Å². The second-order valence-electron chi connectivity index (χ2n) is 4.10. The first-order valence-corrected chi connectivity index (χ1v) is 8.35. The van der Waals surface area contributed by atoms with Crippen LogP contribution in [0.25, 0.3) is 0 Å². The van der Waals surface area contributed by atoms with E-state index in [1.807, 2.05) is 60.7 Å². The molecule has 0 fully saturated rings. The Hall–Kier alpha value is -1.08. The van der Waals surface area contributed by atoms with Gasteiger partial charge in [-0.15, -0.1) is 11.6 Å². The fourth-order valence-electron chi connectivity index (χ4n) is 1.79. The van der Waals surface area contributed by atoms with Crippen molar-refractivity contribution in [3.63, 3.8) is 0 Å². The summed E-state index contributed by atoms with van der Waals surface area (Å²) in [4.78, 5) is 0.